The third-order valence-electron chi connectivity index (χ3n) is 4.10. The second kappa shape index (κ2) is 7.91. The van der Waals surface area contributed by atoms with Gasteiger partial charge in [-0.05, 0) is 77.5 Å². The van der Waals surface area contributed by atoms with Crippen molar-refractivity contribution in [3.8, 4) is 5.75 Å². The maximum Gasteiger partial charge on any atom is 0.410 e. The van der Waals surface area contributed by atoms with E-state index in [0.29, 0.717) is 5.92 Å². The number of benzene rings is 1. The van der Waals surface area contributed by atoms with E-state index >= 15 is 0 Å². The Labute approximate surface area is 146 Å². The van der Waals surface area contributed by atoms with Crippen LogP contribution in [0.1, 0.15) is 65.4 Å². The zero-order chi connectivity index (χ0) is 17.7. The molecule has 0 N–H and O–H groups in total. The van der Waals surface area contributed by atoms with Crippen LogP contribution in [-0.2, 0) is 4.74 Å². The number of ether oxygens (including phenoxy) is 2. The van der Waals surface area contributed by atoms with Gasteiger partial charge in [0.15, 0.2) is 0 Å². The summed E-state index contributed by atoms with van der Waals surface area (Å²) in [5, 5.41) is 0. The molecule has 1 atom stereocenters. The van der Waals surface area contributed by atoms with Crippen molar-refractivity contribution in [3.63, 3.8) is 0 Å². The van der Waals surface area contributed by atoms with Crippen LogP contribution in [0.15, 0.2) is 24.3 Å². The Bertz CT molecular complexity index is 531. The maximum atomic E-state index is 12.2. The Morgan fingerprint density at radius 3 is 2.38 bits per heavy atom. The molecule has 1 aliphatic rings. The van der Waals surface area contributed by atoms with Crippen LogP contribution < -0.4 is 4.74 Å². The van der Waals surface area contributed by atoms with Gasteiger partial charge < -0.3 is 14.4 Å². The lowest BCUT2D eigenvalue weighted by atomic mass is 9.92. The van der Waals surface area contributed by atoms with E-state index in [1.54, 1.807) is 0 Å². The van der Waals surface area contributed by atoms with E-state index in [2.05, 4.69) is 12.1 Å². The number of carbonyl (C=O) groups is 1. The number of nitrogens with zero attached hydrogens (tertiary/aromatic N) is 1. The van der Waals surface area contributed by atoms with Gasteiger partial charge in [0.05, 0.1) is 6.10 Å². The van der Waals surface area contributed by atoms with E-state index in [1.807, 2.05) is 51.7 Å². The Morgan fingerprint density at radius 2 is 1.79 bits per heavy atom. The molecule has 1 aliphatic heterocycles. The van der Waals surface area contributed by atoms with Gasteiger partial charge in [-0.25, -0.2) is 4.79 Å². The quantitative estimate of drug-likeness (QED) is 0.783. The molecule has 1 fully saturated rings. The van der Waals surface area contributed by atoms with Gasteiger partial charge in [0.25, 0.3) is 0 Å². The van der Waals surface area contributed by atoms with E-state index in [4.69, 9.17) is 9.47 Å². The zero-order valence-corrected chi connectivity index (χ0v) is 15.7. The zero-order valence-electron chi connectivity index (χ0n) is 15.7. The summed E-state index contributed by atoms with van der Waals surface area (Å²) in [7, 11) is 0. The van der Waals surface area contributed by atoms with Gasteiger partial charge in [0.2, 0.25) is 0 Å². The fourth-order valence-electron chi connectivity index (χ4n) is 3.03. The molecule has 0 unspecified atom stereocenters. The molecular formula is C20H31NO3. The topological polar surface area (TPSA) is 38.8 Å². The van der Waals surface area contributed by atoms with Crippen molar-refractivity contribution in [2.24, 2.45) is 0 Å². The molecule has 2 rings (SSSR count). The number of hydrogen-bond donors (Lipinski definition) is 0. The van der Waals surface area contributed by atoms with Crippen molar-refractivity contribution in [1.29, 1.82) is 0 Å². The largest absolute Gasteiger partial charge is 0.491 e. The van der Waals surface area contributed by atoms with Crippen molar-refractivity contribution in [2.45, 2.75) is 71.5 Å². The predicted molar refractivity (Wildman–Crippen MR) is 96.6 cm³/mol. The monoisotopic (exact) mass is 333 g/mol. The first kappa shape index (κ1) is 18.6. The van der Waals surface area contributed by atoms with E-state index < -0.39 is 5.60 Å². The first-order valence-electron chi connectivity index (χ1n) is 8.99. The van der Waals surface area contributed by atoms with Gasteiger partial charge in [0, 0.05) is 13.1 Å². The Hall–Kier alpha value is -1.71. The van der Waals surface area contributed by atoms with Crippen LogP contribution in [-0.4, -0.2) is 35.8 Å². The fourth-order valence-corrected chi connectivity index (χ4v) is 3.03. The van der Waals surface area contributed by atoms with Crippen LogP contribution in [0.25, 0.3) is 0 Å². The summed E-state index contributed by atoms with van der Waals surface area (Å²) in [5.74, 6) is 1.41. The minimum Gasteiger partial charge on any atom is -0.491 e. The van der Waals surface area contributed by atoms with E-state index in [-0.39, 0.29) is 12.2 Å². The van der Waals surface area contributed by atoms with Crippen LogP contribution >= 0.6 is 0 Å². The highest BCUT2D eigenvalue weighted by Crippen LogP contribution is 2.30. The van der Waals surface area contributed by atoms with Crippen LogP contribution in [0.5, 0.6) is 5.75 Å². The molecule has 1 saturated heterocycles. The molecule has 0 saturated carbocycles. The molecule has 1 aromatic rings. The standard InChI is InChI=1S/C20H31NO3/c1-15(2)23-18-10-8-17(9-11-18)16-7-6-13-21(14-12-16)19(22)24-20(3,4)5/h8-11,15-16H,6-7,12-14H2,1-5H3/t16-/m1/s1. The Morgan fingerprint density at radius 1 is 1.12 bits per heavy atom. The second-order valence-electron chi connectivity index (χ2n) is 7.83. The number of carbonyl (C=O) groups excluding carboxylic acids is 1. The summed E-state index contributed by atoms with van der Waals surface area (Å²) >= 11 is 0. The molecule has 0 aliphatic carbocycles. The predicted octanol–water partition coefficient (Wildman–Crippen LogP) is 4.98. The third-order valence-corrected chi connectivity index (χ3v) is 4.10. The SMILES string of the molecule is CC(C)Oc1ccc([C@@H]2CCCN(C(=O)OC(C)(C)C)CC2)cc1. The van der Waals surface area contributed by atoms with Crippen molar-refractivity contribution in [3.05, 3.63) is 29.8 Å². The summed E-state index contributed by atoms with van der Waals surface area (Å²) in [5.41, 5.74) is 0.895. The number of likely N-dealkylation sites (tertiary alicyclic amines) is 1. The fraction of sp³-hybridized carbons (Fsp3) is 0.650. The maximum absolute atomic E-state index is 12.2. The average Bonchev–Trinajstić information content (AvgIpc) is 2.71. The van der Waals surface area contributed by atoms with Gasteiger partial charge in [0.1, 0.15) is 11.4 Å². The van der Waals surface area contributed by atoms with Gasteiger partial charge in [-0.3, -0.25) is 0 Å². The molecule has 24 heavy (non-hydrogen) atoms. The molecule has 0 aromatic heterocycles. The highest BCUT2D eigenvalue weighted by molar-refractivity contribution is 5.68. The van der Waals surface area contributed by atoms with Crippen LogP contribution in [0, 0.1) is 0 Å². The minimum absolute atomic E-state index is 0.191. The van der Waals surface area contributed by atoms with E-state index in [0.717, 1.165) is 38.1 Å². The van der Waals surface area contributed by atoms with Gasteiger partial charge in [-0.2, -0.15) is 0 Å². The molecule has 4 heteroatoms. The molecule has 0 radical (unpaired) electrons. The second-order valence-corrected chi connectivity index (χ2v) is 7.83. The van der Waals surface area contributed by atoms with Crippen LogP contribution in [0.4, 0.5) is 4.79 Å². The first-order chi connectivity index (χ1) is 11.2. The van der Waals surface area contributed by atoms with Crippen molar-refractivity contribution >= 4 is 6.09 Å². The van der Waals surface area contributed by atoms with E-state index in [9.17, 15) is 4.79 Å². The van der Waals surface area contributed by atoms with Gasteiger partial charge >= 0.3 is 6.09 Å². The normalized spacial score (nSPS) is 19.1. The number of amides is 1. The molecule has 1 aromatic carbocycles. The summed E-state index contributed by atoms with van der Waals surface area (Å²) in [4.78, 5) is 14.1. The summed E-state index contributed by atoms with van der Waals surface area (Å²) in [6, 6.07) is 8.41. The van der Waals surface area contributed by atoms with Crippen molar-refractivity contribution in [2.75, 3.05) is 13.1 Å². The smallest absolute Gasteiger partial charge is 0.410 e. The number of rotatable bonds is 3. The lowest BCUT2D eigenvalue weighted by Crippen LogP contribution is -2.37. The molecular weight excluding hydrogens is 302 g/mol. The van der Waals surface area contributed by atoms with E-state index in [1.165, 1.54) is 5.56 Å². The summed E-state index contributed by atoms with van der Waals surface area (Å²) < 4.78 is 11.2. The van der Waals surface area contributed by atoms with Crippen molar-refractivity contribution in [1.82, 2.24) is 4.90 Å². The molecule has 1 heterocycles. The lowest BCUT2D eigenvalue weighted by Gasteiger charge is -2.26. The molecule has 1 amide bonds. The summed E-state index contributed by atoms with van der Waals surface area (Å²) in [6.45, 7) is 11.3. The third kappa shape index (κ3) is 5.73. The van der Waals surface area contributed by atoms with Crippen molar-refractivity contribution < 1.29 is 14.3 Å². The van der Waals surface area contributed by atoms with Gasteiger partial charge in [-0.15, -0.1) is 0 Å². The number of hydrogen-bond acceptors (Lipinski definition) is 3. The van der Waals surface area contributed by atoms with Crippen LogP contribution in [0.3, 0.4) is 0 Å². The molecule has 0 spiro atoms. The molecule has 0 bridgehead atoms. The summed E-state index contributed by atoms with van der Waals surface area (Å²) in [6.07, 6.45) is 3.08. The molecule has 134 valence electrons. The average molecular weight is 333 g/mol. The highest BCUT2D eigenvalue weighted by Gasteiger charge is 2.25. The minimum atomic E-state index is -0.435. The lowest BCUT2D eigenvalue weighted by molar-refractivity contribution is 0.0256. The van der Waals surface area contributed by atoms with Gasteiger partial charge in [-0.1, -0.05) is 12.1 Å². The first-order valence-corrected chi connectivity index (χ1v) is 8.99. The Kier molecular flexibility index (Phi) is 6.14. The Balaban J connectivity index is 1.94. The van der Waals surface area contributed by atoms with Crippen LogP contribution in [0.2, 0.25) is 0 Å². The highest BCUT2D eigenvalue weighted by atomic mass is 16.6. The molecule has 4 nitrogen and oxygen atoms in total.